The van der Waals surface area contributed by atoms with Gasteiger partial charge < -0.3 is 20.8 Å². The maximum Gasteiger partial charge on any atom is 0.332 e. The number of carboxylic acids is 1. The number of carboxylic acid groups (broad SMARTS) is 1. The van der Waals surface area contributed by atoms with Crippen molar-refractivity contribution in [1.29, 1.82) is 0 Å². The highest BCUT2D eigenvalue weighted by Gasteiger charge is 2.12. The molecule has 1 heterocycles. The Morgan fingerprint density at radius 3 is 2.68 bits per heavy atom. The third-order valence-electron chi connectivity index (χ3n) is 2.28. The predicted octanol–water partition coefficient (Wildman–Crippen LogP) is 0.129. The monoisotopic (exact) mass is 287 g/mol. The quantitative estimate of drug-likeness (QED) is 0.569. The molecule has 7 nitrogen and oxygen atoms in total. The van der Waals surface area contributed by atoms with Crippen LogP contribution in [0.15, 0.2) is 5.38 Å². The molecular formula is C11H17N3O4S. The zero-order chi connectivity index (χ0) is 14.3. The first-order valence-electron chi connectivity index (χ1n) is 5.82. The molecule has 106 valence electrons. The number of carbonyl (C=O) groups is 2. The lowest BCUT2D eigenvalue weighted by molar-refractivity contribution is -0.146. The van der Waals surface area contributed by atoms with E-state index >= 15 is 0 Å². The first-order valence-corrected chi connectivity index (χ1v) is 6.70. The van der Waals surface area contributed by atoms with Gasteiger partial charge in [-0.05, 0) is 6.92 Å². The number of amides is 2. The molecule has 0 radical (unpaired) electrons. The van der Waals surface area contributed by atoms with Crippen molar-refractivity contribution in [3.05, 3.63) is 16.1 Å². The normalized spacial score (nSPS) is 11.9. The van der Waals surface area contributed by atoms with Crippen molar-refractivity contribution in [3.8, 4) is 0 Å². The van der Waals surface area contributed by atoms with Gasteiger partial charge >= 0.3 is 12.0 Å². The highest BCUT2D eigenvalue weighted by molar-refractivity contribution is 7.09. The standard InChI is InChI=1S/C11H17N3O4S/c1-7-6-19-9(14-7)3-5-13-11(18)12-4-2-8(15)10(16)17/h6,8,15H,2-5H2,1H3,(H,16,17)(H2,12,13,18)/t8-/m0/s1. The van der Waals surface area contributed by atoms with Gasteiger partial charge in [-0.2, -0.15) is 0 Å². The lowest BCUT2D eigenvalue weighted by Gasteiger charge is -2.08. The summed E-state index contributed by atoms with van der Waals surface area (Å²) in [5, 5.41) is 25.4. The fourth-order valence-corrected chi connectivity index (χ4v) is 2.08. The Morgan fingerprint density at radius 2 is 2.11 bits per heavy atom. The van der Waals surface area contributed by atoms with E-state index in [0.717, 1.165) is 10.7 Å². The Hall–Kier alpha value is -1.67. The van der Waals surface area contributed by atoms with Crippen molar-refractivity contribution in [2.75, 3.05) is 13.1 Å². The van der Waals surface area contributed by atoms with Crippen LogP contribution in [0.2, 0.25) is 0 Å². The number of aryl methyl sites for hydroxylation is 1. The molecular weight excluding hydrogens is 270 g/mol. The number of nitrogens with one attached hydrogen (secondary N) is 2. The number of aliphatic hydroxyl groups is 1. The van der Waals surface area contributed by atoms with Crippen molar-refractivity contribution in [3.63, 3.8) is 0 Å². The Kier molecular flexibility index (Phi) is 6.23. The van der Waals surface area contributed by atoms with Crippen LogP contribution < -0.4 is 10.6 Å². The van der Waals surface area contributed by atoms with Gasteiger partial charge in [0.05, 0.1) is 5.01 Å². The summed E-state index contributed by atoms with van der Waals surface area (Å²) in [7, 11) is 0. The number of rotatable bonds is 7. The predicted molar refractivity (Wildman–Crippen MR) is 70.2 cm³/mol. The van der Waals surface area contributed by atoms with Crippen LogP contribution in [0.3, 0.4) is 0 Å². The molecule has 2 amide bonds. The molecule has 0 spiro atoms. The van der Waals surface area contributed by atoms with E-state index in [1.54, 1.807) is 11.3 Å². The summed E-state index contributed by atoms with van der Waals surface area (Å²) in [4.78, 5) is 25.9. The van der Waals surface area contributed by atoms with Crippen LogP contribution >= 0.6 is 11.3 Å². The Bertz CT molecular complexity index is 435. The zero-order valence-electron chi connectivity index (χ0n) is 10.5. The molecule has 0 aliphatic heterocycles. The summed E-state index contributed by atoms with van der Waals surface area (Å²) in [5.41, 5.74) is 0.965. The highest BCUT2D eigenvalue weighted by Crippen LogP contribution is 2.08. The minimum atomic E-state index is -1.45. The number of hydrogen-bond acceptors (Lipinski definition) is 5. The van der Waals surface area contributed by atoms with Crippen LogP contribution in [0.25, 0.3) is 0 Å². The Balaban J connectivity index is 2.10. The van der Waals surface area contributed by atoms with E-state index in [9.17, 15) is 9.59 Å². The average molecular weight is 287 g/mol. The molecule has 0 saturated carbocycles. The lowest BCUT2D eigenvalue weighted by Crippen LogP contribution is -2.38. The van der Waals surface area contributed by atoms with Crippen LogP contribution in [0.4, 0.5) is 4.79 Å². The van der Waals surface area contributed by atoms with Crippen LogP contribution in [0, 0.1) is 6.92 Å². The second kappa shape index (κ2) is 7.70. The fraction of sp³-hybridized carbons (Fsp3) is 0.545. The molecule has 1 atom stereocenters. The van der Waals surface area contributed by atoms with Gasteiger partial charge in [0.15, 0.2) is 6.10 Å². The third kappa shape index (κ3) is 6.16. The second-order valence-corrected chi connectivity index (χ2v) is 4.90. The molecule has 1 aromatic rings. The number of thiazole rings is 1. The van der Waals surface area contributed by atoms with Gasteiger partial charge in [0.2, 0.25) is 0 Å². The summed E-state index contributed by atoms with van der Waals surface area (Å²) >= 11 is 1.55. The molecule has 1 aromatic heterocycles. The smallest absolute Gasteiger partial charge is 0.332 e. The van der Waals surface area contributed by atoms with Crippen molar-refractivity contribution < 1.29 is 19.8 Å². The number of aliphatic hydroxyl groups excluding tert-OH is 1. The molecule has 0 saturated heterocycles. The van der Waals surface area contributed by atoms with Crippen molar-refractivity contribution in [1.82, 2.24) is 15.6 Å². The van der Waals surface area contributed by atoms with E-state index < -0.39 is 12.1 Å². The number of aromatic nitrogens is 1. The van der Waals surface area contributed by atoms with Gasteiger partial charge in [0.1, 0.15) is 0 Å². The topological polar surface area (TPSA) is 112 Å². The second-order valence-electron chi connectivity index (χ2n) is 3.96. The molecule has 0 bridgehead atoms. The van der Waals surface area contributed by atoms with Crippen LogP contribution in [0.5, 0.6) is 0 Å². The number of nitrogens with zero attached hydrogens (tertiary/aromatic N) is 1. The average Bonchev–Trinajstić information content (AvgIpc) is 2.74. The maximum absolute atomic E-state index is 11.3. The van der Waals surface area contributed by atoms with Crippen molar-refractivity contribution >= 4 is 23.3 Å². The number of urea groups is 1. The first kappa shape index (κ1) is 15.4. The largest absolute Gasteiger partial charge is 0.479 e. The lowest BCUT2D eigenvalue weighted by atomic mass is 10.2. The van der Waals surface area contributed by atoms with E-state index in [2.05, 4.69) is 15.6 Å². The minimum absolute atomic E-state index is 0.0194. The number of aliphatic carboxylic acids is 1. The van der Waals surface area contributed by atoms with Gasteiger partial charge in [-0.25, -0.2) is 14.6 Å². The van der Waals surface area contributed by atoms with E-state index in [1.807, 2.05) is 12.3 Å². The van der Waals surface area contributed by atoms with Crippen molar-refractivity contribution in [2.45, 2.75) is 25.9 Å². The van der Waals surface area contributed by atoms with Crippen LogP contribution in [-0.2, 0) is 11.2 Å². The molecule has 0 aliphatic rings. The maximum atomic E-state index is 11.3. The Morgan fingerprint density at radius 1 is 1.42 bits per heavy atom. The SMILES string of the molecule is Cc1csc(CCNC(=O)NCC[C@H](O)C(=O)O)n1. The van der Waals surface area contributed by atoms with E-state index in [0.29, 0.717) is 13.0 Å². The third-order valence-corrected chi connectivity index (χ3v) is 3.31. The van der Waals surface area contributed by atoms with Gasteiger partial charge in [-0.15, -0.1) is 11.3 Å². The number of hydrogen-bond donors (Lipinski definition) is 4. The summed E-state index contributed by atoms with van der Waals surface area (Å²) in [5.74, 6) is -1.29. The van der Waals surface area contributed by atoms with Gasteiger partial charge in [-0.3, -0.25) is 0 Å². The number of carbonyl (C=O) groups excluding carboxylic acids is 1. The van der Waals surface area contributed by atoms with Crippen LogP contribution in [-0.4, -0.2) is 46.4 Å². The summed E-state index contributed by atoms with van der Waals surface area (Å²) in [6.07, 6.45) is -0.809. The van der Waals surface area contributed by atoms with E-state index in [1.165, 1.54) is 0 Å². The fourth-order valence-electron chi connectivity index (χ4n) is 1.31. The van der Waals surface area contributed by atoms with Crippen molar-refractivity contribution in [2.24, 2.45) is 0 Å². The molecule has 1 rings (SSSR count). The molecule has 0 fully saturated rings. The highest BCUT2D eigenvalue weighted by atomic mass is 32.1. The van der Waals surface area contributed by atoms with Gasteiger partial charge in [-0.1, -0.05) is 0 Å². The van der Waals surface area contributed by atoms with Crippen LogP contribution in [0.1, 0.15) is 17.1 Å². The summed E-state index contributed by atoms with van der Waals surface area (Å²) in [6.45, 7) is 2.48. The molecule has 4 N–H and O–H groups in total. The van der Waals surface area contributed by atoms with Gasteiger partial charge in [0.25, 0.3) is 0 Å². The minimum Gasteiger partial charge on any atom is -0.479 e. The molecule has 0 aliphatic carbocycles. The Labute approximate surface area is 114 Å². The molecule has 8 heteroatoms. The molecule has 19 heavy (non-hydrogen) atoms. The molecule has 0 aromatic carbocycles. The summed E-state index contributed by atoms with van der Waals surface area (Å²) in [6, 6.07) is -0.383. The van der Waals surface area contributed by atoms with Gasteiger partial charge in [0, 0.05) is 37.0 Å². The summed E-state index contributed by atoms with van der Waals surface area (Å²) < 4.78 is 0. The zero-order valence-corrected chi connectivity index (χ0v) is 11.4. The van der Waals surface area contributed by atoms with E-state index in [4.69, 9.17) is 10.2 Å². The van der Waals surface area contributed by atoms with E-state index in [-0.39, 0.29) is 19.0 Å². The first-order chi connectivity index (χ1) is 8.99. The molecule has 0 unspecified atom stereocenters.